The third-order valence-electron chi connectivity index (χ3n) is 7.09. The van der Waals surface area contributed by atoms with E-state index in [-0.39, 0.29) is 17.5 Å². The van der Waals surface area contributed by atoms with Crippen LogP contribution in [0.1, 0.15) is 43.9 Å². The van der Waals surface area contributed by atoms with Crippen molar-refractivity contribution in [3.05, 3.63) is 88.4 Å². The molecule has 0 aliphatic heterocycles. The predicted molar refractivity (Wildman–Crippen MR) is 163 cm³/mol. The summed E-state index contributed by atoms with van der Waals surface area (Å²) in [6.45, 7) is 5.91. The number of aryl methyl sites for hydroxylation is 1. The largest absolute Gasteiger partial charge is 0.497 e. The van der Waals surface area contributed by atoms with Gasteiger partial charge in [-0.15, -0.1) is 0 Å². The third kappa shape index (κ3) is 8.44. The number of halogens is 4. The molecule has 0 bridgehead atoms. The minimum Gasteiger partial charge on any atom is -0.497 e. The van der Waals surface area contributed by atoms with Gasteiger partial charge in [0.2, 0.25) is 11.8 Å². The lowest BCUT2D eigenvalue weighted by atomic mass is 10.1. The fourth-order valence-electron chi connectivity index (χ4n) is 4.27. The number of amides is 2. The Bertz CT molecular complexity index is 1580. The first kappa shape index (κ1) is 34.7. The van der Waals surface area contributed by atoms with Crippen LogP contribution < -0.4 is 14.4 Å². The Hall–Kier alpha value is -3.77. The van der Waals surface area contributed by atoms with E-state index in [1.165, 1.54) is 43.2 Å². The van der Waals surface area contributed by atoms with Gasteiger partial charge in [-0.3, -0.25) is 13.9 Å². The molecule has 3 aromatic carbocycles. The van der Waals surface area contributed by atoms with Gasteiger partial charge in [-0.1, -0.05) is 48.4 Å². The molecule has 1 N–H and O–H groups in total. The van der Waals surface area contributed by atoms with Gasteiger partial charge in [0, 0.05) is 12.6 Å². The molecule has 0 saturated heterocycles. The highest BCUT2D eigenvalue weighted by Crippen LogP contribution is 2.38. The summed E-state index contributed by atoms with van der Waals surface area (Å²) in [7, 11) is -3.10. The van der Waals surface area contributed by atoms with Gasteiger partial charge < -0.3 is 15.0 Å². The number of hydrogen-bond acceptors (Lipinski definition) is 5. The lowest BCUT2D eigenvalue weighted by molar-refractivity contribution is -0.139. The second kappa shape index (κ2) is 14.3. The quantitative estimate of drug-likeness (QED) is 0.251. The van der Waals surface area contributed by atoms with Crippen molar-refractivity contribution in [2.75, 3.05) is 18.0 Å². The zero-order valence-corrected chi connectivity index (χ0v) is 26.6. The fourth-order valence-corrected chi connectivity index (χ4v) is 5.90. The molecule has 2 atom stereocenters. The SMILES string of the molecule is CCC(C)NC(=O)C(C)N(Cc1cccc(OC)c1)C(=O)CN(c1ccc(Cl)c(C(F)(F)F)c1)S(=O)(=O)c1ccc(C)cc1. The molecule has 3 rings (SSSR count). The normalized spacial score (nSPS) is 13.1. The van der Waals surface area contributed by atoms with E-state index in [9.17, 15) is 31.2 Å². The highest BCUT2D eigenvalue weighted by molar-refractivity contribution is 7.92. The average molecular weight is 654 g/mol. The van der Waals surface area contributed by atoms with Crippen LogP contribution in [0.2, 0.25) is 5.02 Å². The zero-order chi connectivity index (χ0) is 32.8. The van der Waals surface area contributed by atoms with Crippen LogP contribution >= 0.6 is 11.6 Å². The zero-order valence-electron chi connectivity index (χ0n) is 25.0. The van der Waals surface area contributed by atoms with Gasteiger partial charge in [-0.2, -0.15) is 13.2 Å². The molecule has 0 aliphatic carbocycles. The van der Waals surface area contributed by atoms with E-state index >= 15 is 0 Å². The Balaban J connectivity index is 2.13. The molecule has 0 aliphatic rings. The summed E-state index contributed by atoms with van der Waals surface area (Å²) in [4.78, 5) is 28.1. The highest BCUT2D eigenvalue weighted by Gasteiger charge is 2.37. The van der Waals surface area contributed by atoms with Crippen molar-refractivity contribution in [2.24, 2.45) is 0 Å². The number of nitrogens with zero attached hydrogens (tertiary/aromatic N) is 2. The van der Waals surface area contributed by atoms with E-state index in [0.717, 1.165) is 17.7 Å². The van der Waals surface area contributed by atoms with E-state index in [2.05, 4.69) is 5.32 Å². The van der Waals surface area contributed by atoms with Gasteiger partial charge >= 0.3 is 6.18 Å². The molecule has 0 spiro atoms. The summed E-state index contributed by atoms with van der Waals surface area (Å²) in [5, 5.41) is 2.19. The number of sulfonamides is 1. The van der Waals surface area contributed by atoms with Crippen LogP contribution in [0, 0.1) is 6.92 Å². The Kier molecular flexibility index (Phi) is 11.3. The maximum atomic E-state index is 14.0. The lowest BCUT2D eigenvalue weighted by Gasteiger charge is -2.32. The molecule has 44 heavy (non-hydrogen) atoms. The molecule has 238 valence electrons. The van der Waals surface area contributed by atoms with E-state index in [1.807, 2.05) is 6.92 Å². The Morgan fingerprint density at radius 1 is 1.02 bits per heavy atom. The molecular weight excluding hydrogens is 619 g/mol. The smallest absolute Gasteiger partial charge is 0.417 e. The maximum Gasteiger partial charge on any atom is 0.417 e. The van der Waals surface area contributed by atoms with Crippen LogP contribution in [0.25, 0.3) is 0 Å². The van der Waals surface area contributed by atoms with Crippen LogP contribution in [-0.4, -0.2) is 50.9 Å². The van der Waals surface area contributed by atoms with Crippen molar-refractivity contribution < 1.29 is 35.9 Å². The van der Waals surface area contributed by atoms with Gasteiger partial charge in [0.15, 0.2) is 0 Å². The Labute approximate surface area is 260 Å². The van der Waals surface area contributed by atoms with Gasteiger partial charge in [0.1, 0.15) is 18.3 Å². The molecule has 0 aromatic heterocycles. The molecule has 0 saturated carbocycles. The minimum absolute atomic E-state index is 0.113. The van der Waals surface area contributed by atoms with E-state index in [4.69, 9.17) is 16.3 Å². The minimum atomic E-state index is -4.89. The Morgan fingerprint density at radius 2 is 1.68 bits per heavy atom. The number of alkyl halides is 3. The van der Waals surface area contributed by atoms with Gasteiger partial charge in [-0.25, -0.2) is 8.42 Å². The summed E-state index contributed by atoms with van der Waals surface area (Å²) in [5.41, 5.74) is -0.348. The van der Waals surface area contributed by atoms with E-state index in [0.29, 0.717) is 28.1 Å². The molecular formula is C31H35ClF3N3O5S. The first-order valence-corrected chi connectivity index (χ1v) is 15.6. The molecule has 2 unspecified atom stereocenters. The number of benzene rings is 3. The number of ether oxygens (including phenoxy) is 1. The van der Waals surface area contributed by atoms with Crippen LogP contribution in [0.5, 0.6) is 5.75 Å². The number of hydrogen-bond donors (Lipinski definition) is 1. The van der Waals surface area contributed by atoms with Gasteiger partial charge in [0.05, 0.1) is 28.3 Å². The number of anilines is 1. The summed E-state index contributed by atoms with van der Waals surface area (Å²) >= 11 is 5.82. The highest BCUT2D eigenvalue weighted by atomic mass is 35.5. The summed E-state index contributed by atoms with van der Waals surface area (Å²) in [5.74, 6) is -0.802. The van der Waals surface area contributed by atoms with Crippen LogP contribution in [0.15, 0.2) is 71.6 Å². The number of rotatable bonds is 12. The second-order valence-corrected chi connectivity index (χ2v) is 12.6. The second-order valence-electron chi connectivity index (χ2n) is 10.4. The molecule has 0 radical (unpaired) electrons. The molecule has 2 amide bonds. The van der Waals surface area contributed by atoms with Gasteiger partial charge in [-0.05, 0) is 75.2 Å². The van der Waals surface area contributed by atoms with Gasteiger partial charge in [0.25, 0.3) is 10.0 Å². The fraction of sp³-hybridized carbons (Fsp3) is 0.355. The van der Waals surface area contributed by atoms with Crippen LogP contribution in [-0.2, 0) is 32.3 Å². The first-order chi connectivity index (χ1) is 20.6. The van der Waals surface area contributed by atoms with E-state index in [1.54, 1.807) is 38.1 Å². The summed E-state index contributed by atoms with van der Waals surface area (Å²) in [6.07, 6.45) is -4.26. The van der Waals surface area contributed by atoms with Crippen LogP contribution in [0.4, 0.5) is 18.9 Å². The van der Waals surface area contributed by atoms with Crippen molar-refractivity contribution in [1.82, 2.24) is 10.2 Å². The Morgan fingerprint density at radius 3 is 2.27 bits per heavy atom. The van der Waals surface area contributed by atoms with Crippen LogP contribution in [0.3, 0.4) is 0 Å². The first-order valence-electron chi connectivity index (χ1n) is 13.8. The molecule has 13 heteroatoms. The molecule has 8 nitrogen and oxygen atoms in total. The van der Waals surface area contributed by atoms with E-state index < -0.39 is 56.9 Å². The maximum absolute atomic E-state index is 14.0. The number of nitrogens with one attached hydrogen (secondary N) is 1. The molecule has 0 fully saturated rings. The number of methoxy groups -OCH3 is 1. The van der Waals surface area contributed by atoms with Crippen molar-refractivity contribution >= 4 is 39.1 Å². The molecule has 3 aromatic rings. The third-order valence-corrected chi connectivity index (χ3v) is 9.20. The van der Waals surface area contributed by atoms with Crippen molar-refractivity contribution in [3.8, 4) is 5.75 Å². The number of carbonyl (C=O) groups excluding carboxylic acids is 2. The average Bonchev–Trinajstić information content (AvgIpc) is 2.98. The standard InChI is InChI=1S/C31H35ClF3N3O5S/c1-6-21(3)36-30(40)22(4)37(18-23-8-7-9-25(16-23)43-5)29(39)19-38(44(41,42)26-13-10-20(2)11-14-26)24-12-15-28(32)27(17-24)31(33,34)35/h7-17,21-22H,6,18-19H2,1-5H3,(H,36,40). The lowest BCUT2D eigenvalue weighted by Crippen LogP contribution is -2.52. The topological polar surface area (TPSA) is 96.0 Å². The van der Waals surface area contributed by atoms with Crippen molar-refractivity contribution in [3.63, 3.8) is 0 Å². The summed E-state index contributed by atoms with van der Waals surface area (Å²) < 4.78 is 75.1. The van der Waals surface area contributed by atoms with Crippen molar-refractivity contribution in [1.29, 1.82) is 0 Å². The molecule has 0 heterocycles. The monoisotopic (exact) mass is 653 g/mol. The predicted octanol–water partition coefficient (Wildman–Crippen LogP) is 6.20. The summed E-state index contributed by atoms with van der Waals surface area (Å²) in [6, 6.07) is 13.8. The van der Waals surface area contributed by atoms with Crippen molar-refractivity contribution in [2.45, 2.75) is 63.8 Å². The number of carbonyl (C=O) groups is 2.